The van der Waals surface area contributed by atoms with Crippen molar-refractivity contribution in [2.75, 3.05) is 32.8 Å². The third-order valence-corrected chi connectivity index (χ3v) is 7.26. The molecule has 33 heavy (non-hydrogen) atoms. The number of likely N-dealkylation sites (tertiary alicyclic amines) is 1. The molecule has 8 nitrogen and oxygen atoms in total. The van der Waals surface area contributed by atoms with Crippen LogP contribution in [0.15, 0.2) is 25.3 Å². The zero-order valence-corrected chi connectivity index (χ0v) is 20.2. The number of ether oxygens (including phenoxy) is 1. The van der Waals surface area contributed by atoms with Crippen LogP contribution in [0.3, 0.4) is 0 Å². The highest BCUT2D eigenvalue weighted by Crippen LogP contribution is 2.59. The molecule has 8 heteroatoms. The first-order valence-electron chi connectivity index (χ1n) is 12.2. The van der Waals surface area contributed by atoms with Gasteiger partial charge in [0.05, 0.1) is 17.9 Å². The quantitative estimate of drug-likeness (QED) is 0.446. The molecule has 2 unspecified atom stereocenters. The van der Waals surface area contributed by atoms with E-state index in [-0.39, 0.29) is 43.0 Å². The van der Waals surface area contributed by atoms with Gasteiger partial charge in [-0.05, 0) is 39.5 Å². The number of hydrogen-bond donors (Lipinski definition) is 1. The predicted molar refractivity (Wildman–Crippen MR) is 125 cm³/mol. The first-order valence-corrected chi connectivity index (χ1v) is 12.2. The van der Waals surface area contributed by atoms with E-state index in [1.807, 2.05) is 20.8 Å². The predicted octanol–water partition coefficient (Wildman–Crippen LogP) is 1.59. The molecule has 3 aliphatic heterocycles. The second-order valence-corrected chi connectivity index (χ2v) is 9.61. The molecule has 0 aromatic carbocycles. The van der Waals surface area contributed by atoms with Gasteiger partial charge in [0.1, 0.15) is 11.6 Å². The molecule has 3 fully saturated rings. The van der Waals surface area contributed by atoms with Crippen LogP contribution in [0.1, 0.15) is 46.5 Å². The fraction of sp³-hybridized carbons (Fsp3) is 0.720. The van der Waals surface area contributed by atoms with Gasteiger partial charge < -0.3 is 24.5 Å². The summed E-state index contributed by atoms with van der Waals surface area (Å²) in [5.74, 6) is -1.76. The first-order chi connectivity index (χ1) is 15.8. The molecule has 0 saturated carbocycles. The van der Waals surface area contributed by atoms with E-state index in [1.165, 1.54) is 0 Å². The molecule has 1 N–H and O–H groups in total. The largest absolute Gasteiger partial charge is 0.396 e. The maximum atomic E-state index is 13.9. The van der Waals surface area contributed by atoms with E-state index in [1.54, 1.807) is 26.9 Å². The number of carbonyl (C=O) groups is 3. The lowest BCUT2D eigenvalue weighted by molar-refractivity contribution is -0.149. The van der Waals surface area contributed by atoms with Crippen LogP contribution in [0.4, 0.5) is 0 Å². The van der Waals surface area contributed by atoms with Crippen LogP contribution in [-0.2, 0) is 19.1 Å². The Kier molecular flexibility index (Phi) is 8.00. The minimum atomic E-state index is -1.00. The summed E-state index contributed by atoms with van der Waals surface area (Å²) < 4.78 is 6.47. The Morgan fingerprint density at radius 2 is 1.97 bits per heavy atom. The van der Waals surface area contributed by atoms with Gasteiger partial charge >= 0.3 is 0 Å². The van der Waals surface area contributed by atoms with Crippen LogP contribution >= 0.6 is 0 Å². The number of fused-ring (bicyclic) bond motifs is 1. The molecule has 3 heterocycles. The van der Waals surface area contributed by atoms with E-state index >= 15 is 0 Å². The summed E-state index contributed by atoms with van der Waals surface area (Å²) in [6, 6.07) is -0.879. The summed E-state index contributed by atoms with van der Waals surface area (Å²) in [6.07, 6.45) is 5.40. The minimum Gasteiger partial charge on any atom is -0.396 e. The number of nitrogens with zero attached hydrogens (tertiary/aromatic N) is 3. The highest BCUT2D eigenvalue weighted by molar-refractivity contribution is 5.99. The average molecular weight is 462 g/mol. The summed E-state index contributed by atoms with van der Waals surface area (Å²) in [7, 11) is 0. The van der Waals surface area contributed by atoms with Gasteiger partial charge in [0.2, 0.25) is 17.7 Å². The van der Waals surface area contributed by atoms with Gasteiger partial charge in [-0.15, -0.1) is 13.2 Å². The molecule has 1 spiro atoms. The number of rotatable bonds is 12. The van der Waals surface area contributed by atoms with Gasteiger partial charge in [-0.25, -0.2) is 0 Å². The van der Waals surface area contributed by atoms with Crippen LogP contribution in [-0.4, -0.2) is 94.1 Å². The van der Waals surface area contributed by atoms with Crippen LogP contribution in [0.25, 0.3) is 0 Å². The van der Waals surface area contributed by atoms with Crippen molar-refractivity contribution >= 4 is 17.7 Å². The van der Waals surface area contributed by atoms with Crippen LogP contribution in [0.2, 0.25) is 0 Å². The van der Waals surface area contributed by atoms with Crippen molar-refractivity contribution in [3.8, 4) is 0 Å². The molecule has 0 aliphatic carbocycles. The topological polar surface area (TPSA) is 90.4 Å². The van der Waals surface area contributed by atoms with Gasteiger partial charge in [0.15, 0.2) is 0 Å². The third-order valence-electron chi connectivity index (χ3n) is 7.26. The lowest BCUT2D eigenvalue weighted by Gasteiger charge is -2.38. The van der Waals surface area contributed by atoms with Crippen molar-refractivity contribution in [3.05, 3.63) is 25.3 Å². The lowest BCUT2D eigenvalue weighted by Crippen LogP contribution is -2.57. The monoisotopic (exact) mass is 461 g/mol. The Hall–Kier alpha value is -2.19. The first kappa shape index (κ1) is 25.4. The molecule has 184 valence electrons. The van der Waals surface area contributed by atoms with Crippen molar-refractivity contribution in [3.63, 3.8) is 0 Å². The molecule has 3 aliphatic rings. The number of aliphatic hydroxyl groups is 1. The van der Waals surface area contributed by atoms with Crippen molar-refractivity contribution in [1.29, 1.82) is 0 Å². The number of hydrogen-bond acceptors (Lipinski definition) is 5. The van der Waals surface area contributed by atoms with E-state index in [2.05, 4.69) is 13.2 Å². The molecule has 3 rings (SSSR count). The van der Waals surface area contributed by atoms with Crippen molar-refractivity contribution < 1.29 is 24.2 Å². The maximum Gasteiger partial charge on any atom is 0.248 e. The fourth-order valence-corrected chi connectivity index (χ4v) is 5.98. The Balaban J connectivity index is 2.02. The van der Waals surface area contributed by atoms with Crippen LogP contribution in [0, 0.1) is 11.8 Å². The van der Waals surface area contributed by atoms with E-state index in [9.17, 15) is 19.5 Å². The highest BCUT2D eigenvalue weighted by atomic mass is 16.5. The Bertz CT molecular complexity index is 784. The van der Waals surface area contributed by atoms with Gasteiger partial charge in [0.25, 0.3) is 0 Å². The number of amides is 3. The Labute approximate surface area is 197 Å². The summed E-state index contributed by atoms with van der Waals surface area (Å²) in [5, 5.41) is 9.44. The normalized spacial score (nSPS) is 30.0. The fourth-order valence-electron chi connectivity index (χ4n) is 5.98. The van der Waals surface area contributed by atoms with Gasteiger partial charge in [0, 0.05) is 38.8 Å². The zero-order valence-electron chi connectivity index (χ0n) is 20.2. The summed E-state index contributed by atoms with van der Waals surface area (Å²) in [4.78, 5) is 46.3. The summed E-state index contributed by atoms with van der Waals surface area (Å²) in [6.45, 7) is 15.0. The second-order valence-electron chi connectivity index (χ2n) is 9.61. The summed E-state index contributed by atoms with van der Waals surface area (Å²) in [5.41, 5.74) is -1.00. The molecule has 0 aromatic rings. The molecular weight excluding hydrogens is 422 g/mol. The summed E-state index contributed by atoms with van der Waals surface area (Å²) >= 11 is 0. The molecule has 3 saturated heterocycles. The van der Waals surface area contributed by atoms with Crippen LogP contribution < -0.4 is 0 Å². The second kappa shape index (κ2) is 10.4. The Morgan fingerprint density at radius 3 is 2.55 bits per heavy atom. The van der Waals surface area contributed by atoms with Crippen molar-refractivity contribution in [1.82, 2.24) is 14.7 Å². The molecule has 0 radical (unpaired) electrons. The van der Waals surface area contributed by atoms with Gasteiger partial charge in [-0.1, -0.05) is 19.1 Å². The van der Waals surface area contributed by atoms with Crippen LogP contribution in [0.5, 0.6) is 0 Å². The highest BCUT2D eigenvalue weighted by Gasteiger charge is 2.74. The van der Waals surface area contributed by atoms with E-state index in [0.29, 0.717) is 38.9 Å². The molecular formula is C25H39N3O5. The molecule has 2 bridgehead atoms. The lowest BCUT2D eigenvalue weighted by atomic mass is 9.70. The van der Waals surface area contributed by atoms with Gasteiger partial charge in [-0.3, -0.25) is 14.4 Å². The minimum absolute atomic E-state index is 0.0792. The van der Waals surface area contributed by atoms with Gasteiger partial charge in [-0.2, -0.15) is 0 Å². The average Bonchev–Trinajstić information content (AvgIpc) is 3.42. The third kappa shape index (κ3) is 4.23. The van der Waals surface area contributed by atoms with Crippen molar-refractivity contribution in [2.45, 2.75) is 70.2 Å². The maximum absolute atomic E-state index is 13.9. The molecule has 3 amide bonds. The SMILES string of the molecule is C=CCN(CCC)C(=O)[C@@H]1[C@@H]2CCC3(O2)C(C(=O)N(CC=C)C(C)C)N(CCCO)C(=O)[C@H]13. The Morgan fingerprint density at radius 1 is 1.27 bits per heavy atom. The van der Waals surface area contributed by atoms with E-state index in [4.69, 9.17) is 4.74 Å². The smallest absolute Gasteiger partial charge is 0.248 e. The molecule has 5 atom stereocenters. The number of aliphatic hydroxyl groups excluding tert-OH is 1. The van der Waals surface area contributed by atoms with E-state index in [0.717, 1.165) is 6.42 Å². The number of carbonyl (C=O) groups excluding carboxylic acids is 3. The van der Waals surface area contributed by atoms with Crippen molar-refractivity contribution in [2.24, 2.45) is 11.8 Å². The van der Waals surface area contributed by atoms with E-state index < -0.39 is 23.5 Å². The standard InChI is InChI=1S/C25H39N3O5/c1-6-12-26(13-7-2)22(30)19-18-10-11-25(33-18)20(19)23(31)28(15-9-16-29)21(25)24(32)27(14-8-3)17(4)5/h6,8,17-21,29H,1,3,7,9-16H2,2,4-5H3/t18-,19+,20-,21?,25?/m0/s1. The zero-order chi connectivity index (χ0) is 24.3. The molecule has 0 aromatic heterocycles.